The number of aromatic nitrogens is 2. The quantitative estimate of drug-likeness (QED) is 0.570. The van der Waals surface area contributed by atoms with Crippen molar-refractivity contribution in [2.75, 3.05) is 6.61 Å². The molecule has 0 bridgehead atoms. The van der Waals surface area contributed by atoms with Gasteiger partial charge in [0.2, 0.25) is 0 Å². The van der Waals surface area contributed by atoms with Gasteiger partial charge in [-0.05, 0) is 66.0 Å². The maximum absolute atomic E-state index is 6.14. The summed E-state index contributed by atoms with van der Waals surface area (Å²) >= 11 is 8.47. The van der Waals surface area contributed by atoms with Crippen molar-refractivity contribution in [3.05, 3.63) is 27.6 Å². The summed E-state index contributed by atoms with van der Waals surface area (Å²) < 4.78 is 9.54. The number of hydrogen-bond acceptors (Lipinski definition) is 2. The zero-order chi connectivity index (χ0) is 13.7. The van der Waals surface area contributed by atoms with Crippen LogP contribution < -0.4 is 0 Å². The fraction of sp³-hybridized carbons (Fsp3) is 0.533. The first-order valence-electron chi connectivity index (χ1n) is 7.12. The first kappa shape index (κ1) is 13.3. The van der Waals surface area contributed by atoms with Gasteiger partial charge in [0.1, 0.15) is 5.82 Å². The van der Waals surface area contributed by atoms with E-state index in [0.29, 0.717) is 18.0 Å². The minimum Gasteiger partial charge on any atom is -0.376 e. The number of hydrogen-bond donors (Lipinski definition) is 0. The van der Waals surface area contributed by atoms with Crippen LogP contribution in [0.25, 0.3) is 11.0 Å². The molecular formula is C15H16ClIN2O. The van der Waals surface area contributed by atoms with Gasteiger partial charge in [0, 0.05) is 10.2 Å². The van der Waals surface area contributed by atoms with Crippen LogP contribution in [0.4, 0.5) is 0 Å². The Labute approximate surface area is 136 Å². The van der Waals surface area contributed by atoms with Crippen molar-refractivity contribution in [2.45, 2.75) is 37.3 Å². The van der Waals surface area contributed by atoms with E-state index >= 15 is 0 Å². The summed E-state index contributed by atoms with van der Waals surface area (Å²) in [7, 11) is 0. The average molecular weight is 403 g/mol. The smallest absolute Gasteiger partial charge is 0.125 e. The Morgan fingerprint density at radius 3 is 2.95 bits per heavy atom. The molecule has 3 nitrogen and oxygen atoms in total. The molecule has 2 atom stereocenters. The van der Waals surface area contributed by atoms with Gasteiger partial charge in [-0.25, -0.2) is 4.98 Å². The predicted molar refractivity (Wildman–Crippen MR) is 88.1 cm³/mol. The fourth-order valence-corrected chi connectivity index (χ4v) is 4.00. The van der Waals surface area contributed by atoms with Crippen molar-refractivity contribution >= 4 is 45.2 Å². The predicted octanol–water partition coefficient (Wildman–Crippen LogP) is 4.12. The Kier molecular flexibility index (Phi) is 3.43. The van der Waals surface area contributed by atoms with E-state index in [9.17, 15) is 0 Å². The largest absolute Gasteiger partial charge is 0.376 e. The first-order chi connectivity index (χ1) is 9.78. The molecule has 0 radical (unpaired) electrons. The Balaban J connectivity index is 1.84. The Bertz CT molecular complexity index is 653. The second kappa shape index (κ2) is 5.14. The van der Waals surface area contributed by atoms with Gasteiger partial charge in [0.25, 0.3) is 0 Å². The van der Waals surface area contributed by atoms with Crippen molar-refractivity contribution in [3.8, 4) is 0 Å². The second-order valence-corrected chi connectivity index (χ2v) is 7.21. The highest BCUT2D eigenvalue weighted by molar-refractivity contribution is 14.1. The highest BCUT2D eigenvalue weighted by Gasteiger charge is 2.42. The maximum atomic E-state index is 6.14. The number of alkyl halides is 1. The van der Waals surface area contributed by atoms with Gasteiger partial charge in [-0.15, -0.1) is 11.6 Å². The van der Waals surface area contributed by atoms with Gasteiger partial charge in [-0.2, -0.15) is 0 Å². The number of nitrogens with zero attached hydrogens (tertiary/aromatic N) is 2. The number of benzene rings is 1. The summed E-state index contributed by atoms with van der Waals surface area (Å²) in [6.45, 7) is 0.859. The number of fused-ring (bicyclic) bond motifs is 1. The van der Waals surface area contributed by atoms with E-state index in [1.165, 1.54) is 21.9 Å². The molecule has 1 aromatic carbocycles. The normalized spacial score (nSPS) is 26.5. The summed E-state index contributed by atoms with van der Waals surface area (Å²) in [5.41, 5.74) is 2.25. The molecule has 0 spiro atoms. The summed E-state index contributed by atoms with van der Waals surface area (Å²) in [6, 6.07) is 6.84. The molecule has 2 aliphatic rings. The van der Waals surface area contributed by atoms with E-state index in [1.54, 1.807) is 0 Å². The van der Waals surface area contributed by atoms with Crippen molar-refractivity contribution in [2.24, 2.45) is 5.92 Å². The zero-order valence-electron chi connectivity index (χ0n) is 11.1. The summed E-state index contributed by atoms with van der Waals surface area (Å²) in [6.07, 6.45) is 4.04. The van der Waals surface area contributed by atoms with Crippen molar-refractivity contribution in [3.63, 3.8) is 0 Å². The molecule has 20 heavy (non-hydrogen) atoms. The Morgan fingerprint density at radius 2 is 2.20 bits per heavy atom. The van der Waals surface area contributed by atoms with E-state index < -0.39 is 0 Å². The molecule has 2 heterocycles. The van der Waals surface area contributed by atoms with Gasteiger partial charge in [0.15, 0.2) is 0 Å². The first-order valence-corrected chi connectivity index (χ1v) is 8.73. The summed E-state index contributed by atoms with van der Waals surface area (Å²) in [4.78, 5) is 4.72. The third kappa shape index (κ3) is 2.16. The molecule has 0 amide bonds. The van der Waals surface area contributed by atoms with Crippen LogP contribution >= 0.6 is 34.2 Å². The van der Waals surface area contributed by atoms with Crippen LogP contribution in [0.15, 0.2) is 18.2 Å². The third-order valence-corrected chi connectivity index (χ3v) is 5.28. The lowest BCUT2D eigenvalue weighted by Crippen LogP contribution is -2.23. The van der Waals surface area contributed by atoms with Crippen molar-refractivity contribution in [1.82, 2.24) is 9.55 Å². The minimum atomic E-state index is 0.355. The standard InChI is InChI=1S/C15H16ClIN2O/c16-8-14-18-11-7-10(17)3-4-12(11)19(14)13-5-6-20-15(13)9-1-2-9/h3-4,7,9,13,15H,1-2,5-6,8H2. The molecule has 5 heteroatoms. The maximum Gasteiger partial charge on any atom is 0.125 e. The number of rotatable bonds is 3. The van der Waals surface area contributed by atoms with Gasteiger partial charge in [-0.1, -0.05) is 0 Å². The average Bonchev–Trinajstić information content (AvgIpc) is 3.07. The lowest BCUT2D eigenvalue weighted by molar-refractivity contribution is 0.0754. The van der Waals surface area contributed by atoms with E-state index in [2.05, 4.69) is 45.4 Å². The number of ether oxygens (including phenoxy) is 1. The second-order valence-electron chi connectivity index (χ2n) is 5.69. The molecule has 1 saturated heterocycles. The monoisotopic (exact) mass is 402 g/mol. The van der Waals surface area contributed by atoms with Gasteiger partial charge in [-0.3, -0.25) is 0 Å². The van der Waals surface area contributed by atoms with Gasteiger partial charge in [0.05, 0.1) is 29.1 Å². The molecule has 1 aromatic heterocycles. The summed E-state index contributed by atoms with van der Waals surface area (Å²) in [5.74, 6) is 2.18. The molecule has 1 aliphatic heterocycles. The van der Waals surface area contributed by atoms with Crippen molar-refractivity contribution < 1.29 is 4.74 Å². The Hall–Kier alpha value is -0.330. The molecule has 2 unspecified atom stereocenters. The molecule has 2 fully saturated rings. The highest BCUT2D eigenvalue weighted by Crippen LogP contribution is 2.44. The topological polar surface area (TPSA) is 27.1 Å². The molecule has 1 saturated carbocycles. The van der Waals surface area contributed by atoms with Crippen LogP contribution in [-0.4, -0.2) is 22.3 Å². The van der Waals surface area contributed by atoms with Crippen LogP contribution in [-0.2, 0) is 10.6 Å². The summed E-state index contributed by atoms with van der Waals surface area (Å²) in [5, 5.41) is 0. The van der Waals surface area contributed by atoms with E-state index in [1.807, 2.05) is 0 Å². The van der Waals surface area contributed by atoms with E-state index in [4.69, 9.17) is 21.3 Å². The molecular weight excluding hydrogens is 387 g/mol. The molecule has 4 rings (SSSR count). The molecule has 2 aromatic rings. The van der Waals surface area contributed by atoms with Crippen LogP contribution in [0, 0.1) is 9.49 Å². The number of imidazole rings is 1. The fourth-order valence-electron chi connectivity index (χ4n) is 3.34. The third-order valence-electron chi connectivity index (χ3n) is 4.37. The van der Waals surface area contributed by atoms with E-state index in [-0.39, 0.29) is 0 Å². The van der Waals surface area contributed by atoms with E-state index in [0.717, 1.165) is 30.3 Å². The zero-order valence-corrected chi connectivity index (χ0v) is 14.0. The van der Waals surface area contributed by atoms with Crippen LogP contribution in [0.1, 0.15) is 31.1 Å². The number of halogens is 2. The Morgan fingerprint density at radius 1 is 1.35 bits per heavy atom. The molecule has 106 valence electrons. The van der Waals surface area contributed by atoms with Crippen molar-refractivity contribution in [1.29, 1.82) is 0 Å². The van der Waals surface area contributed by atoms with Crippen LogP contribution in [0.3, 0.4) is 0 Å². The molecule has 0 N–H and O–H groups in total. The minimum absolute atomic E-state index is 0.355. The van der Waals surface area contributed by atoms with Gasteiger partial charge < -0.3 is 9.30 Å². The lowest BCUT2D eigenvalue weighted by atomic mass is 10.1. The van der Waals surface area contributed by atoms with Crippen LogP contribution in [0.2, 0.25) is 0 Å². The highest BCUT2D eigenvalue weighted by atomic mass is 127. The SMILES string of the molecule is ClCc1nc2cc(I)ccc2n1C1CCOC1C1CC1. The van der Waals surface area contributed by atoms with Gasteiger partial charge >= 0.3 is 0 Å². The lowest BCUT2D eigenvalue weighted by Gasteiger charge is -2.22. The molecule has 1 aliphatic carbocycles. The van der Waals surface area contributed by atoms with Crippen LogP contribution in [0.5, 0.6) is 0 Å².